The molecule has 3 aromatic rings. The molecular formula is C25H27NO7S. The average Bonchev–Trinajstić information content (AvgIpc) is 2.81. The van der Waals surface area contributed by atoms with E-state index in [-0.39, 0.29) is 22.1 Å². The highest BCUT2D eigenvalue weighted by atomic mass is 32.2. The third-order valence-electron chi connectivity index (χ3n) is 5.03. The first-order valence-corrected chi connectivity index (χ1v) is 11.7. The molecule has 0 saturated heterocycles. The Bertz CT molecular complexity index is 1270. The van der Waals surface area contributed by atoms with Crippen LogP contribution in [0.15, 0.2) is 53.4 Å². The molecule has 8 nitrogen and oxygen atoms in total. The van der Waals surface area contributed by atoms with E-state index in [1.807, 2.05) is 6.92 Å². The van der Waals surface area contributed by atoms with Crippen molar-refractivity contribution in [1.29, 1.82) is 0 Å². The number of methoxy groups -OCH3 is 4. The molecule has 0 saturated carbocycles. The van der Waals surface area contributed by atoms with Gasteiger partial charge in [0.25, 0.3) is 10.0 Å². The van der Waals surface area contributed by atoms with Gasteiger partial charge in [-0.25, -0.2) is 8.42 Å². The van der Waals surface area contributed by atoms with Crippen molar-refractivity contribution in [3.05, 3.63) is 65.2 Å². The fraction of sp³-hybridized carbons (Fsp3) is 0.200. The van der Waals surface area contributed by atoms with E-state index in [0.29, 0.717) is 22.8 Å². The van der Waals surface area contributed by atoms with Crippen LogP contribution in [0.5, 0.6) is 28.7 Å². The lowest BCUT2D eigenvalue weighted by molar-refractivity contribution is 0.324. The van der Waals surface area contributed by atoms with Crippen LogP contribution in [0.1, 0.15) is 16.7 Å². The smallest absolute Gasteiger partial charge is 0.262 e. The summed E-state index contributed by atoms with van der Waals surface area (Å²) in [6, 6.07) is 13.0. The monoisotopic (exact) mass is 485 g/mol. The molecule has 34 heavy (non-hydrogen) atoms. The molecule has 0 unspecified atom stereocenters. The second-order valence-electron chi connectivity index (χ2n) is 7.33. The minimum absolute atomic E-state index is 0.0145. The van der Waals surface area contributed by atoms with Crippen molar-refractivity contribution < 1.29 is 32.5 Å². The largest absolute Gasteiger partial charge is 0.504 e. The lowest BCUT2D eigenvalue weighted by atomic mass is 10.1. The Morgan fingerprint density at radius 3 is 1.79 bits per heavy atom. The third kappa shape index (κ3) is 5.37. The highest BCUT2D eigenvalue weighted by molar-refractivity contribution is 7.92. The third-order valence-corrected chi connectivity index (χ3v) is 6.41. The molecule has 3 rings (SSSR count). The van der Waals surface area contributed by atoms with Crippen LogP contribution in [0.25, 0.3) is 12.2 Å². The maximum absolute atomic E-state index is 12.9. The number of aryl methyl sites for hydroxylation is 1. The van der Waals surface area contributed by atoms with E-state index in [1.165, 1.54) is 46.6 Å². The fourth-order valence-corrected chi connectivity index (χ4v) is 4.39. The van der Waals surface area contributed by atoms with Crippen molar-refractivity contribution in [2.24, 2.45) is 0 Å². The summed E-state index contributed by atoms with van der Waals surface area (Å²) < 4.78 is 49.6. The van der Waals surface area contributed by atoms with Gasteiger partial charge in [0.2, 0.25) is 5.75 Å². The number of phenols is 1. The Balaban J connectivity index is 1.98. The fourth-order valence-electron chi connectivity index (χ4n) is 3.33. The van der Waals surface area contributed by atoms with Crippen molar-refractivity contribution in [1.82, 2.24) is 0 Å². The standard InChI is InChI=1S/C25H27NO7S/c1-16-6-10-19(11-7-16)34(28,29)26-20-12-17(13-21(27)24(20)32-4)8-9-18-14-22(30-2)25(33-5)23(15-18)31-3/h6-15,26-27H,1-5H3/b9-8-. The summed E-state index contributed by atoms with van der Waals surface area (Å²) in [5.41, 5.74) is 2.32. The zero-order chi connectivity index (χ0) is 24.9. The molecule has 0 aliphatic carbocycles. The molecule has 0 atom stereocenters. The molecule has 0 radical (unpaired) electrons. The molecular weight excluding hydrogens is 458 g/mol. The number of phenolic OH excluding ortho intramolecular Hbond substituents is 1. The molecule has 0 heterocycles. The van der Waals surface area contributed by atoms with Gasteiger partial charge in [0.1, 0.15) is 0 Å². The number of nitrogens with one attached hydrogen (secondary N) is 1. The molecule has 0 aliphatic rings. The van der Waals surface area contributed by atoms with Crippen molar-refractivity contribution in [3.63, 3.8) is 0 Å². The van der Waals surface area contributed by atoms with Gasteiger partial charge in [-0.15, -0.1) is 0 Å². The average molecular weight is 486 g/mol. The van der Waals surface area contributed by atoms with E-state index >= 15 is 0 Å². The lowest BCUT2D eigenvalue weighted by Gasteiger charge is -2.14. The van der Waals surface area contributed by atoms with E-state index in [4.69, 9.17) is 18.9 Å². The number of rotatable bonds is 9. The Morgan fingerprint density at radius 1 is 0.765 bits per heavy atom. The predicted octanol–water partition coefficient (Wildman–Crippen LogP) is 4.71. The quantitative estimate of drug-likeness (QED) is 0.423. The van der Waals surface area contributed by atoms with Gasteiger partial charge in [-0.1, -0.05) is 29.8 Å². The molecule has 0 aromatic heterocycles. The van der Waals surface area contributed by atoms with Crippen LogP contribution >= 0.6 is 0 Å². The Labute approximate surface area is 199 Å². The van der Waals surface area contributed by atoms with Crippen LogP contribution < -0.4 is 23.7 Å². The highest BCUT2D eigenvalue weighted by Crippen LogP contribution is 2.40. The van der Waals surface area contributed by atoms with E-state index < -0.39 is 10.0 Å². The van der Waals surface area contributed by atoms with Crippen molar-refractivity contribution in [2.75, 3.05) is 33.2 Å². The van der Waals surface area contributed by atoms with Crippen LogP contribution in [0.4, 0.5) is 5.69 Å². The number of hydrogen-bond donors (Lipinski definition) is 2. The Kier molecular flexibility index (Phi) is 7.57. The minimum atomic E-state index is -3.90. The van der Waals surface area contributed by atoms with Gasteiger partial charge >= 0.3 is 0 Å². The van der Waals surface area contributed by atoms with E-state index in [1.54, 1.807) is 42.5 Å². The van der Waals surface area contributed by atoms with Gasteiger partial charge in [0, 0.05) is 0 Å². The summed E-state index contributed by atoms with van der Waals surface area (Å²) in [6.07, 6.45) is 3.48. The summed E-state index contributed by atoms with van der Waals surface area (Å²) >= 11 is 0. The molecule has 0 fully saturated rings. The molecule has 0 aliphatic heterocycles. The number of sulfonamides is 1. The number of anilines is 1. The van der Waals surface area contributed by atoms with Crippen molar-refractivity contribution >= 4 is 27.9 Å². The SMILES string of the molecule is COc1cc(/C=C\c2cc(O)c(OC)c(NS(=O)(=O)c3ccc(C)cc3)c2)cc(OC)c1OC. The van der Waals surface area contributed by atoms with Crippen molar-refractivity contribution in [3.8, 4) is 28.7 Å². The Morgan fingerprint density at radius 2 is 1.29 bits per heavy atom. The first-order valence-electron chi connectivity index (χ1n) is 10.2. The maximum Gasteiger partial charge on any atom is 0.262 e. The first kappa shape index (κ1) is 24.8. The number of ether oxygens (including phenoxy) is 4. The van der Waals surface area contributed by atoms with Gasteiger partial charge in [-0.05, 0) is 54.4 Å². The predicted molar refractivity (Wildman–Crippen MR) is 132 cm³/mol. The lowest BCUT2D eigenvalue weighted by Crippen LogP contribution is -2.13. The van der Waals surface area contributed by atoms with Gasteiger partial charge in [-0.2, -0.15) is 0 Å². The molecule has 3 aromatic carbocycles. The minimum Gasteiger partial charge on any atom is -0.504 e. The van der Waals surface area contributed by atoms with Crippen LogP contribution in [0.3, 0.4) is 0 Å². The molecule has 0 amide bonds. The molecule has 0 spiro atoms. The zero-order valence-electron chi connectivity index (χ0n) is 19.6. The summed E-state index contributed by atoms with van der Waals surface area (Å²) in [5, 5.41) is 10.5. The van der Waals surface area contributed by atoms with E-state index in [2.05, 4.69) is 4.72 Å². The first-order chi connectivity index (χ1) is 16.2. The van der Waals surface area contributed by atoms with Crippen LogP contribution in [0.2, 0.25) is 0 Å². The van der Waals surface area contributed by atoms with Crippen LogP contribution in [-0.4, -0.2) is 42.0 Å². The van der Waals surface area contributed by atoms with Gasteiger partial charge in [0.05, 0.1) is 39.0 Å². The normalized spacial score (nSPS) is 11.3. The van der Waals surface area contributed by atoms with Crippen LogP contribution in [0, 0.1) is 6.92 Å². The van der Waals surface area contributed by atoms with Gasteiger partial charge < -0.3 is 24.1 Å². The zero-order valence-corrected chi connectivity index (χ0v) is 20.4. The number of hydrogen-bond acceptors (Lipinski definition) is 7. The summed E-state index contributed by atoms with van der Waals surface area (Å²) in [7, 11) is 2.03. The summed E-state index contributed by atoms with van der Waals surface area (Å²) in [6.45, 7) is 1.87. The van der Waals surface area contributed by atoms with E-state index in [9.17, 15) is 13.5 Å². The summed E-state index contributed by atoms with van der Waals surface area (Å²) in [4.78, 5) is 0.0954. The maximum atomic E-state index is 12.9. The molecule has 9 heteroatoms. The second-order valence-corrected chi connectivity index (χ2v) is 9.01. The van der Waals surface area contributed by atoms with Crippen molar-refractivity contribution in [2.45, 2.75) is 11.8 Å². The number of benzene rings is 3. The van der Waals surface area contributed by atoms with Gasteiger partial charge in [-0.3, -0.25) is 4.72 Å². The van der Waals surface area contributed by atoms with E-state index in [0.717, 1.165) is 11.1 Å². The highest BCUT2D eigenvalue weighted by Gasteiger charge is 2.19. The molecule has 180 valence electrons. The second kappa shape index (κ2) is 10.4. The molecule has 0 bridgehead atoms. The topological polar surface area (TPSA) is 103 Å². The molecule has 2 N–H and O–H groups in total. The van der Waals surface area contributed by atoms with Gasteiger partial charge in [0.15, 0.2) is 23.0 Å². The van der Waals surface area contributed by atoms with Crippen LogP contribution in [-0.2, 0) is 10.0 Å². The Hall–Kier alpha value is -3.85. The summed E-state index contributed by atoms with van der Waals surface area (Å²) in [5.74, 6) is 1.25. The number of aromatic hydroxyl groups is 1.